The number of hydrogen-bond donors (Lipinski definition) is 1. The Morgan fingerprint density at radius 2 is 2.33 bits per heavy atom. The third kappa shape index (κ3) is 2.77. The van der Waals surface area contributed by atoms with Gasteiger partial charge in [-0.2, -0.15) is 11.8 Å². The van der Waals surface area contributed by atoms with Gasteiger partial charge in [0.25, 0.3) is 5.91 Å². The maximum atomic E-state index is 12.1. The zero-order valence-corrected chi connectivity index (χ0v) is 10.9. The molecule has 1 N–H and O–H groups in total. The first-order valence-electron chi connectivity index (χ1n) is 6.33. The van der Waals surface area contributed by atoms with Crippen LogP contribution in [0.2, 0.25) is 0 Å². The smallest absolute Gasteiger partial charge is 0.256 e. The number of pyridine rings is 1. The molecule has 1 aromatic heterocycles. The highest BCUT2D eigenvalue weighted by molar-refractivity contribution is 7.99. The van der Waals surface area contributed by atoms with E-state index in [9.17, 15) is 4.79 Å². The highest BCUT2D eigenvalue weighted by Gasteiger charge is 2.26. The maximum absolute atomic E-state index is 12.1. The van der Waals surface area contributed by atoms with Gasteiger partial charge in [-0.1, -0.05) is 0 Å². The van der Waals surface area contributed by atoms with E-state index in [2.05, 4.69) is 10.3 Å². The molecule has 18 heavy (non-hydrogen) atoms. The van der Waals surface area contributed by atoms with Crippen LogP contribution in [0.1, 0.15) is 29.6 Å². The van der Waals surface area contributed by atoms with Crippen molar-refractivity contribution in [1.82, 2.24) is 10.3 Å². The molecule has 4 nitrogen and oxygen atoms in total. The van der Waals surface area contributed by atoms with Gasteiger partial charge >= 0.3 is 0 Å². The second-order valence-electron chi connectivity index (χ2n) is 4.71. The molecule has 1 saturated heterocycles. The van der Waals surface area contributed by atoms with Gasteiger partial charge in [-0.25, -0.2) is 4.98 Å². The van der Waals surface area contributed by atoms with E-state index in [0.29, 0.717) is 17.5 Å². The molecule has 1 aromatic rings. The Balaban J connectivity index is 1.73. The monoisotopic (exact) mass is 264 g/mol. The molecular formula is C13H16N2O2S. The summed E-state index contributed by atoms with van der Waals surface area (Å²) in [6.45, 7) is 0. The molecule has 2 fully saturated rings. The first kappa shape index (κ1) is 11.8. The molecule has 2 heterocycles. The molecule has 1 saturated carbocycles. The molecule has 1 atom stereocenters. The molecule has 5 heteroatoms. The van der Waals surface area contributed by atoms with Crippen LogP contribution in [-0.2, 0) is 0 Å². The Kier molecular flexibility index (Phi) is 3.41. The summed E-state index contributed by atoms with van der Waals surface area (Å²) in [7, 11) is 0. The zero-order valence-electron chi connectivity index (χ0n) is 10.1. The molecule has 1 amide bonds. The Labute approximate surface area is 111 Å². The van der Waals surface area contributed by atoms with Gasteiger partial charge in [0.15, 0.2) is 0 Å². The van der Waals surface area contributed by atoms with E-state index in [-0.39, 0.29) is 12.0 Å². The minimum Gasteiger partial charge on any atom is -0.473 e. The lowest BCUT2D eigenvalue weighted by Crippen LogP contribution is -2.27. The lowest BCUT2D eigenvalue weighted by molar-refractivity contribution is 0.0943. The molecular weight excluding hydrogens is 248 g/mol. The first-order valence-corrected chi connectivity index (χ1v) is 7.48. The molecule has 0 radical (unpaired) electrons. The van der Waals surface area contributed by atoms with Crippen LogP contribution in [0.3, 0.4) is 0 Å². The second-order valence-corrected chi connectivity index (χ2v) is 5.86. The van der Waals surface area contributed by atoms with Crippen molar-refractivity contribution in [2.24, 2.45) is 0 Å². The summed E-state index contributed by atoms with van der Waals surface area (Å²) in [5, 5.41) is 2.97. The summed E-state index contributed by atoms with van der Waals surface area (Å²) in [6, 6.07) is 3.91. The van der Waals surface area contributed by atoms with Gasteiger partial charge in [-0.05, 0) is 37.1 Å². The summed E-state index contributed by atoms with van der Waals surface area (Å²) < 4.78 is 5.84. The standard InChI is InChI=1S/C13H16N2O2S/c16-12(15-9-3-4-9)11-2-1-6-14-13(11)17-10-5-7-18-8-10/h1-2,6,9-10H,3-5,7-8H2,(H,15,16)/t10-/m0/s1. The Morgan fingerprint density at radius 3 is 3.06 bits per heavy atom. The van der Waals surface area contributed by atoms with Crippen LogP contribution in [0.25, 0.3) is 0 Å². The second kappa shape index (κ2) is 5.18. The maximum Gasteiger partial charge on any atom is 0.256 e. The first-order chi connectivity index (χ1) is 8.83. The zero-order chi connectivity index (χ0) is 12.4. The molecule has 0 unspecified atom stereocenters. The highest BCUT2D eigenvalue weighted by atomic mass is 32.2. The Morgan fingerprint density at radius 1 is 1.44 bits per heavy atom. The van der Waals surface area contributed by atoms with Crippen molar-refractivity contribution >= 4 is 17.7 Å². The number of amides is 1. The van der Waals surface area contributed by atoms with E-state index in [1.807, 2.05) is 11.8 Å². The molecule has 2 aliphatic rings. The van der Waals surface area contributed by atoms with Gasteiger partial charge in [-0.15, -0.1) is 0 Å². The summed E-state index contributed by atoms with van der Waals surface area (Å²) >= 11 is 1.88. The Hall–Kier alpha value is -1.23. The number of carbonyl (C=O) groups is 1. The normalized spacial score (nSPS) is 22.8. The van der Waals surface area contributed by atoms with Crippen molar-refractivity contribution in [1.29, 1.82) is 0 Å². The predicted octanol–water partition coefficient (Wildman–Crippen LogP) is 1.86. The van der Waals surface area contributed by atoms with Crippen molar-refractivity contribution in [3.63, 3.8) is 0 Å². The van der Waals surface area contributed by atoms with Crippen LogP contribution < -0.4 is 10.1 Å². The molecule has 0 bridgehead atoms. The average molecular weight is 264 g/mol. The van der Waals surface area contributed by atoms with E-state index >= 15 is 0 Å². The number of aromatic nitrogens is 1. The van der Waals surface area contributed by atoms with Gasteiger partial charge in [0.1, 0.15) is 11.7 Å². The quantitative estimate of drug-likeness (QED) is 0.902. The topological polar surface area (TPSA) is 51.2 Å². The van der Waals surface area contributed by atoms with E-state index in [4.69, 9.17) is 4.74 Å². The highest BCUT2D eigenvalue weighted by Crippen LogP contribution is 2.25. The molecule has 3 rings (SSSR count). The number of ether oxygens (including phenoxy) is 1. The van der Waals surface area contributed by atoms with E-state index < -0.39 is 0 Å². The molecule has 0 spiro atoms. The SMILES string of the molecule is O=C(NC1CC1)c1cccnc1O[C@H]1CCSC1. The fraction of sp³-hybridized carbons (Fsp3) is 0.538. The van der Waals surface area contributed by atoms with Gasteiger partial charge in [-0.3, -0.25) is 4.79 Å². The van der Waals surface area contributed by atoms with E-state index in [1.54, 1.807) is 18.3 Å². The fourth-order valence-corrected chi connectivity index (χ4v) is 3.01. The van der Waals surface area contributed by atoms with Crippen LogP contribution >= 0.6 is 11.8 Å². The van der Waals surface area contributed by atoms with Crippen molar-refractivity contribution in [2.75, 3.05) is 11.5 Å². The van der Waals surface area contributed by atoms with Crippen molar-refractivity contribution in [3.8, 4) is 5.88 Å². The Bertz CT molecular complexity index is 442. The summed E-state index contributed by atoms with van der Waals surface area (Å²) in [4.78, 5) is 16.3. The van der Waals surface area contributed by atoms with Crippen molar-refractivity contribution < 1.29 is 9.53 Å². The van der Waals surface area contributed by atoms with Crippen molar-refractivity contribution in [3.05, 3.63) is 23.9 Å². The number of carbonyl (C=O) groups excluding carboxylic acids is 1. The minimum absolute atomic E-state index is 0.0637. The number of nitrogens with one attached hydrogen (secondary N) is 1. The lowest BCUT2D eigenvalue weighted by Gasteiger charge is -2.14. The van der Waals surface area contributed by atoms with E-state index in [0.717, 1.165) is 30.8 Å². The predicted molar refractivity (Wildman–Crippen MR) is 71.1 cm³/mol. The lowest BCUT2D eigenvalue weighted by atomic mass is 10.2. The molecule has 96 valence electrons. The number of thioether (sulfide) groups is 1. The van der Waals surface area contributed by atoms with Crippen LogP contribution in [0.15, 0.2) is 18.3 Å². The van der Waals surface area contributed by atoms with E-state index in [1.165, 1.54) is 0 Å². The van der Waals surface area contributed by atoms with Gasteiger partial charge in [0.05, 0.1) is 0 Å². The summed E-state index contributed by atoms with van der Waals surface area (Å²) in [5.41, 5.74) is 0.557. The number of hydrogen-bond acceptors (Lipinski definition) is 4. The van der Waals surface area contributed by atoms with Crippen LogP contribution in [-0.4, -0.2) is 34.5 Å². The van der Waals surface area contributed by atoms with Crippen LogP contribution in [0.5, 0.6) is 5.88 Å². The fourth-order valence-electron chi connectivity index (χ4n) is 1.91. The molecule has 1 aliphatic heterocycles. The summed E-state index contributed by atoms with van der Waals surface area (Å²) in [5.74, 6) is 2.52. The number of rotatable bonds is 4. The largest absolute Gasteiger partial charge is 0.473 e. The van der Waals surface area contributed by atoms with Crippen LogP contribution in [0, 0.1) is 0 Å². The van der Waals surface area contributed by atoms with Crippen LogP contribution in [0.4, 0.5) is 0 Å². The third-order valence-corrected chi connectivity index (χ3v) is 4.23. The summed E-state index contributed by atoms with van der Waals surface area (Å²) in [6.07, 6.45) is 5.07. The minimum atomic E-state index is -0.0637. The van der Waals surface area contributed by atoms with Gasteiger partial charge in [0.2, 0.25) is 5.88 Å². The average Bonchev–Trinajstić information content (AvgIpc) is 3.04. The molecule has 1 aliphatic carbocycles. The molecule has 0 aromatic carbocycles. The third-order valence-electron chi connectivity index (χ3n) is 3.09. The van der Waals surface area contributed by atoms with Gasteiger partial charge in [0, 0.05) is 18.0 Å². The van der Waals surface area contributed by atoms with Crippen molar-refractivity contribution in [2.45, 2.75) is 31.4 Å². The van der Waals surface area contributed by atoms with Gasteiger partial charge < -0.3 is 10.1 Å². The number of nitrogens with zero attached hydrogens (tertiary/aromatic N) is 1.